The van der Waals surface area contributed by atoms with Gasteiger partial charge in [0.25, 0.3) is 0 Å². The largest absolute Gasteiger partial charge is 0.405 e. The predicted molar refractivity (Wildman–Crippen MR) is 100 cm³/mol. The van der Waals surface area contributed by atoms with Gasteiger partial charge >= 0.3 is 0 Å². The van der Waals surface area contributed by atoms with E-state index in [1.54, 1.807) is 6.20 Å². The molecule has 3 unspecified atom stereocenters. The molecule has 2 fully saturated rings. The lowest BCUT2D eigenvalue weighted by Crippen LogP contribution is -2.57. The molecule has 0 aromatic rings. The van der Waals surface area contributed by atoms with Gasteiger partial charge in [0.1, 0.15) is 0 Å². The van der Waals surface area contributed by atoms with Crippen LogP contribution in [0.15, 0.2) is 17.3 Å². The molecule has 24 heavy (non-hydrogen) atoms. The Morgan fingerprint density at radius 2 is 1.83 bits per heavy atom. The average Bonchev–Trinajstić information content (AvgIpc) is 2.39. The highest BCUT2D eigenvalue weighted by Crippen LogP contribution is 2.62. The van der Waals surface area contributed by atoms with Gasteiger partial charge in [0.05, 0.1) is 18.8 Å². The van der Waals surface area contributed by atoms with Gasteiger partial charge in [-0.1, -0.05) is 27.7 Å². The molecule has 0 spiro atoms. The van der Waals surface area contributed by atoms with Crippen molar-refractivity contribution >= 4 is 5.71 Å². The lowest BCUT2D eigenvalue weighted by Gasteiger charge is -2.61. The number of aliphatic imine (C=N–C) groups is 1. The molecule has 2 rings (SSSR count). The van der Waals surface area contributed by atoms with Gasteiger partial charge in [-0.2, -0.15) is 0 Å². The summed E-state index contributed by atoms with van der Waals surface area (Å²) in [6, 6.07) is 0. The van der Waals surface area contributed by atoms with Crippen molar-refractivity contribution in [1.29, 1.82) is 0 Å². The van der Waals surface area contributed by atoms with Gasteiger partial charge in [0.2, 0.25) is 0 Å². The molecule has 0 heterocycles. The predicted octanol–water partition coefficient (Wildman–Crippen LogP) is 3.68. The molecule has 0 aromatic heterocycles. The number of nitrogens with two attached hydrogens (primary N) is 1. The number of ether oxygens (including phenoxy) is 1. The third-order valence-electron chi connectivity index (χ3n) is 5.60. The van der Waals surface area contributed by atoms with Crippen molar-refractivity contribution in [3.63, 3.8) is 0 Å². The smallest absolute Gasteiger partial charge is 0.0705 e. The zero-order valence-corrected chi connectivity index (χ0v) is 16.2. The summed E-state index contributed by atoms with van der Waals surface area (Å²) in [6.07, 6.45) is 8.99. The van der Waals surface area contributed by atoms with Crippen LogP contribution in [0.4, 0.5) is 0 Å². The molecule has 2 aliphatic carbocycles. The first-order valence-electron chi connectivity index (χ1n) is 9.19. The summed E-state index contributed by atoms with van der Waals surface area (Å²) in [7, 11) is 0. The van der Waals surface area contributed by atoms with Crippen LogP contribution in [0, 0.1) is 16.2 Å². The second-order valence-electron chi connectivity index (χ2n) is 9.74. The van der Waals surface area contributed by atoms with Crippen LogP contribution in [-0.2, 0) is 4.74 Å². The van der Waals surface area contributed by atoms with Crippen LogP contribution in [-0.4, -0.2) is 36.2 Å². The van der Waals surface area contributed by atoms with Crippen LogP contribution in [0.2, 0.25) is 0 Å². The molecule has 0 aromatic carbocycles. The minimum atomic E-state index is -0.126. The zero-order chi connectivity index (χ0) is 18.1. The first kappa shape index (κ1) is 19.5. The fourth-order valence-corrected chi connectivity index (χ4v) is 6.15. The van der Waals surface area contributed by atoms with Crippen LogP contribution in [0.1, 0.15) is 66.7 Å². The fourth-order valence-electron chi connectivity index (χ4n) is 6.15. The highest BCUT2D eigenvalue weighted by molar-refractivity contribution is 5.92. The standard InChI is InChI=1S/C20H36N2O2/c1-16(6-7-21)22-15-19(5)12-18(4)10-17(2,3)11-20(13-18,14-19)24-9-8-23/h6-7,23H,8-15,21H2,1-5H3/b7-6-,22-16?. The van der Waals surface area contributed by atoms with Crippen molar-refractivity contribution in [2.45, 2.75) is 72.3 Å². The Morgan fingerprint density at radius 3 is 2.46 bits per heavy atom. The SMILES string of the molecule is CC(/C=C\N)=NCC1(C)CC2(C)CC(C)(C)CC(OCCO)(C1)C2. The maximum absolute atomic E-state index is 9.28. The number of nitrogens with zero attached hydrogens (tertiary/aromatic N) is 1. The van der Waals surface area contributed by atoms with Gasteiger partial charge in [-0.05, 0) is 67.5 Å². The molecule has 3 N–H and O–H groups in total. The minimum Gasteiger partial charge on any atom is -0.405 e. The van der Waals surface area contributed by atoms with E-state index in [1.807, 2.05) is 13.0 Å². The van der Waals surface area contributed by atoms with Crippen LogP contribution in [0.3, 0.4) is 0 Å². The molecule has 4 heteroatoms. The molecule has 0 amide bonds. The third kappa shape index (κ3) is 4.60. The lowest BCUT2D eigenvalue weighted by atomic mass is 9.48. The van der Waals surface area contributed by atoms with Crippen molar-refractivity contribution in [1.82, 2.24) is 0 Å². The Balaban J connectivity index is 2.27. The van der Waals surface area contributed by atoms with Crippen LogP contribution < -0.4 is 5.73 Å². The normalized spacial score (nSPS) is 39.3. The summed E-state index contributed by atoms with van der Waals surface area (Å²) in [5.74, 6) is 0. The van der Waals surface area contributed by atoms with E-state index < -0.39 is 0 Å². The van der Waals surface area contributed by atoms with E-state index >= 15 is 0 Å². The maximum Gasteiger partial charge on any atom is 0.0705 e. The number of aliphatic hydroxyl groups is 1. The number of hydrogen-bond donors (Lipinski definition) is 2. The van der Waals surface area contributed by atoms with Gasteiger partial charge < -0.3 is 15.6 Å². The van der Waals surface area contributed by atoms with E-state index in [9.17, 15) is 5.11 Å². The monoisotopic (exact) mass is 336 g/mol. The van der Waals surface area contributed by atoms with Crippen LogP contribution >= 0.6 is 0 Å². The molecular formula is C20H36N2O2. The van der Waals surface area contributed by atoms with Crippen molar-refractivity contribution in [3.05, 3.63) is 12.3 Å². The topological polar surface area (TPSA) is 67.8 Å². The molecule has 0 radical (unpaired) electrons. The highest BCUT2D eigenvalue weighted by Gasteiger charge is 2.57. The van der Waals surface area contributed by atoms with Gasteiger partial charge in [0.15, 0.2) is 0 Å². The van der Waals surface area contributed by atoms with Gasteiger partial charge in [-0.3, -0.25) is 4.99 Å². The molecule has 2 aliphatic rings. The van der Waals surface area contributed by atoms with Gasteiger partial charge in [-0.25, -0.2) is 0 Å². The number of hydrogen-bond acceptors (Lipinski definition) is 4. The minimum absolute atomic E-state index is 0.0914. The van der Waals surface area contributed by atoms with Crippen molar-refractivity contribution in [2.24, 2.45) is 27.0 Å². The average molecular weight is 337 g/mol. The van der Waals surface area contributed by atoms with Gasteiger partial charge in [-0.15, -0.1) is 0 Å². The molecule has 4 nitrogen and oxygen atoms in total. The summed E-state index contributed by atoms with van der Waals surface area (Å²) in [5.41, 5.74) is 7.00. The molecular weight excluding hydrogens is 300 g/mol. The van der Waals surface area contributed by atoms with E-state index in [0.29, 0.717) is 6.61 Å². The molecule has 0 aliphatic heterocycles. The molecule has 3 atom stereocenters. The molecule has 138 valence electrons. The Bertz CT molecular complexity index is 510. The Kier molecular flexibility index (Phi) is 5.51. The number of aliphatic hydroxyl groups excluding tert-OH is 1. The van der Waals surface area contributed by atoms with E-state index in [1.165, 1.54) is 12.8 Å². The van der Waals surface area contributed by atoms with Crippen molar-refractivity contribution in [2.75, 3.05) is 19.8 Å². The zero-order valence-electron chi connectivity index (χ0n) is 16.2. The summed E-state index contributed by atoms with van der Waals surface area (Å²) in [5, 5.41) is 9.28. The summed E-state index contributed by atoms with van der Waals surface area (Å²) < 4.78 is 6.31. The Hall–Kier alpha value is -0.870. The first-order valence-corrected chi connectivity index (χ1v) is 9.19. The van der Waals surface area contributed by atoms with E-state index in [2.05, 4.69) is 27.7 Å². The Morgan fingerprint density at radius 1 is 1.12 bits per heavy atom. The summed E-state index contributed by atoms with van der Waals surface area (Å²) in [6.45, 7) is 12.8. The number of rotatable bonds is 6. The third-order valence-corrected chi connectivity index (χ3v) is 5.60. The quantitative estimate of drug-likeness (QED) is 0.727. The first-order chi connectivity index (χ1) is 11.1. The molecule has 2 bridgehead atoms. The molecule has 0 saturated heterocycles. The second kappa shape index (κ2) is 6.80. The maximum atomic E-state index is 9.28. The summed E-state index contributed by atoms with van der Waals surface area (Å²) >= 11 is 0. The second-order valence-corrected chi connectivity index (χ2v) is 9.74. The van der Waals surface area contributed by atoms with Crippen LogP contribution in [0.25, 0.3) is 0 Å². The fraction of sp³-hybridized carbons (Fsp3) is 0.850. The lowest BCUT2D eigenvalue weighted by molar-refractivity contribution is -0.192. The summed E-state index contributed by atoms with van der Waals surface area (Å²) in [4.78, 5) is 4.76. The Labute approximate surface area is 147 Å². The molecule has 2 saturated carbocycles. The van der Waals surface area contributed by atoms with E-state index in [0.717, 1.165) is 31.5 Å². The van der Waals surface area contributed by atoms with E-state index in [-0.39, 0.29) is 28.5 Å². The van der Waals surface area contributed by atoms with Gasteiger partial charge in [0, 0.05) is 12.3 Å². The van der Waals surface area contributed by atoms with Crippen LogP contribution in [0.5, 0.6) is 0 Å². The van der Waals surface area contributed by atoms with Crippen molar-refractivity contribution < 1.29 is 9.84 Å². The van der Waals surface area contributed by atoms with Crippen molar-refractivity contribution in [3.8, 4) is 0 Å². The highest BCUT2D eigenvalue weighted by atomic mass is 16.5. The van der Waals surface area contributed by atoms with E-state index in [4.69, 9.17) is 15.5 Å². The number of fused-ring (bicyclic) bond motifs is 2. The number of allylic oxidation sites excluding steroid dienone is 1.